The lowest BCUT2D eigenvalue weighted by Crippen LogP contribution is -2.28. The Bertz CT molecular complexity index is 584. The molecule has 4 heteroatoms. The number of amides is 1. The summed E-state index contributed by atoms with van der Waals surface area (Å²) in [6.45, 7) is 2.29. The van der Waals surface area contributed by atoms with Gasteiger partial charge in [0, 0.05) is 0 Å². The van der Waals surface area contributed by atoms with Crippen LogP contribution in [0, 0.1) is 6.92 Å². The van der Waals surface area contributed by atoms with Crippen LogP contribution in [-0.4, -0.2) is 17.7 Å². The van der Waals surface area contributed by atoms with Gasteiger partial charge in [-0.15, -0.1) is 0 Å². The van der Waals surface area contributed by atoms with Gasteiger partial charge in [-0.1, -0.05) is 60.2 Å². The van der Waals surface area contributed by atoms with Crippen molar-refractivity contribution in [2.45, 2.75) is 19.6 Å². The summed E-state index contributed by atoms with van der Waals surface area (Å²) in [6.07, 6.45) is -1.28. The number of aryl methyl sites for hydroxylation is 1. The van der Waals surface area contributed by atoms with Gasteiger partial charge < -0.3 is 15.2 Å². The van der Waals surface area contributed by atoms with Crippen molar-refractivity contribution in [3.8, 4) is 0 Å². The first-order valence-corrected chi connectivity index (χ1v) is 6.84. The van der Waals surface area contributed by atoms with E-state index in [-0.39, 0.29) is 13.2 Å². The first-order valence-electron chi connectivity index (χ1n) is 6.84. The number of aliphatic hydroxyl groups is 1. The van der Waals surface area contributed by atoms with Crippen LogP contribution >= 0.6 is 0 Å². The van der Waals surface area contributed by atoms with E-state index in [4.69, 9.17) is 4.74 Å². The molecule has 0 radical (unpaired) electrons. The van der Waals surface area contributed by atoms with Gasteiger partial charge in [0.25, 0.3) is 0 Å². The SMILES string of the molecule is Cc1cccc([C@H](O)CNC(=O)OCc2ccccc2)c1. The monoisotopic (exact) mass is 285 g/mol. The molecule has 2 aromatic carbocycles. The van der Waals surface area contributed by atoms with Crippen LogP contribution in [0.2, 0.25) is 0 Å². The van der Waals surface area contributed by atoms with E-state index in [9.17, 15) is 9.90 Å². The maximum absolute atomic E-state index is 11.6. The molecule has 4 nitrogen and oxygen atoms in total. The molecule has 21 heavy (non-hydrogen) atoms. The molecule has 0 saturated heterocycles. The van der Waals surface area contributed by atoms with E-state index >= 15 is 0 Å². The van der Waals surface area contributed by atoms with Crippen molar-refractivity contribution >= 4 is 6.09 Å². The fourth-order valence-electron chi connectivity index (χ4n) is 1.95. The van der Waals surface area contributed by atoms with Crippen molar-refractivity contribution in [3.05, 3.63) is 71.3 Å². The van der Waals surface area contributed by atoms with Crippen LogP contribution in [0.15, 0.2) is 54.6 Å². The minimum Gasteiger partial charge on any atom is -0.445 e. The van der Waals surface area contributed by atoms with Crippen molar-refractivity contribution in [1.29, 1.82) is 0 Å². The van der Waals surface area contributed by atoms with Gasteiger partial charge >= 0.3 is 6.09 Å². The standard InChI is InChI=1S/C17H19NO3/c1-13-6-5-9-15(10-13)16(19)11-18-17(20)21-12-14-7-3-2-4-8-14/h2-10,16,19H,11-12H2,1H3,(H,18,20)/t16-/m1/s1. The molecule has 0 fully saturated rings. The van der Waals surface area contributed by atoms with Gasteiger partial charge in [0.05, 0.1) is 12.6 Å². The van der Waals surface area contributed by atoms with E-state index in [0.29, 0.717) is 0 Å². The molecule has 1 amide bonds. The predicted molar refractivity (Wildman–Crippen MR) is 80.8 cm³/mol. The molecule has 2 aromatic rings. The molecule has 0 saturated carbocycles. The Balaban J connectivity index is 1.76. The quantitative estimate of drug-likeness (QED) is 0.888. The van der Waals surface area contributed by atoms with E-state index in [1.54, 1.807) is 0 Å². The maximum atomic E-state index is 11.6. The Hall–Kier alpha value is -2.33. The van der Waals surface area contributed by atoms with Crippen molar-refractivity contribution in [3.63, 3.8) is 0 Å². The summed E-state index contributed by atoms with van der Waals surface area (Å²) in [7, 11) is 0. The van der Waals surface area contributed by atoms with Crippen LogP contribution in [-0.2, 0) is 11.3 Å². The summed E-state index contributed by atoms with van der Waals surface area (Å²) in [5.74, 6) is 0. The number of carbonyl (C=O) groups excluding carboxylic acids is 1. The third-order valence-corrected chi connectivity index (χ3v) is 3.08. The highest BCUT2D eigenvalue weighted by molar-refractivity contribution is 5.67. The number of ether oxygens (including phenoxy) is 1. The Morgan fingerprint density at radius 2 is 1.95 bits per heavy atom. The summed E-state index contributed by atoms with van der Waals surface area (Å²) in [6, 6.07) is 17.0. The molecule has 0 heterocycles. The van der Waals surface area contributed by atoms with Gasteiger partial charge in [-0.3, -0.25) is 0 Å². The molecule has 0 aliphatic rings. The second-order valence-electron chi connectivity index (χ2n) is 4.87. The van der Waals surface area contributed by atoms with Crippen LogP contribution in [0.4, 0.5) is 4.79 Å². The number of aliphatic hydroxyl groups excluding tert-OH is 1. The second kappa shape index (κ2) is 7.45. The first kappa shape index (κ1) is 15.1. The van der Waals surface area contributed by atoms with Gasteiger partial charge in [-0.05, 0) is 18.1 Å². The molecule has 0 aliphatic carbocycles. The van der Waals surface area contributed by atoms with Crippen molar-refractivity contribution in [1.82, 2.24) is 5.32 Å². The molecule has 110 valence electrons. The lowest BCUT2D eigenvalue weighted by Gasteiger charge is -2.13. The van der Waals surface area contributed by atoms with Crippen LogP contribution < -0.4 is 5.32 Å². The normalized spacial score (nSPS) is 11.7. The van der Waals surface area contributed by atoms with E-state index in [1.165, 1.54) is 0 Å². The zero-order valence-electron chi connectivity index (χ0n) is 12.0. The molecular weight excluding hydrogens is 266 g/mol. The highest BCUT2D eigenvalue weighted by Gasteiger charge is 2.10. The van der Waals surface area contributed by atoms with E-state index < -0.39 is 12.2 Å². The molecule has 0 unspecified atom stereocenters. The van der Waals surface area contributed by atoms with Gasteiger partial charge in [-0.25, -0.2) is 4.79 Å². The molecule has 2 N–H and O–H groups in total. The van der Waals surface area contributed by atoms with Gasteiger partial charge in [0.15, 0.2) is 0 Å². The molecule has 0 aromatic heterocycles. The second-order valence-corrected chi connectivity index (χ2v) is 4.87. The topological polar surface area (TPSA) is 58.6 Å². The number of nitrogens with one attached hydrogen (secondary N) is 1. The Kier molecular flexibility index (Phi) is 5.35. The van der Waals surface area contributed by atoms with Crippen molar-refractivity contribution in [2.24, 2.45) is 0 Å². The number of rotatable bonds is 5. The summed E-state index contributed by atoms with van der Waals surface area (Å²) < 4.78 is 5.08. The molecule has 2 rings (SSSR count). The van der Waals surface area contributed by atoms with Crippen LogP contribution in [0.25, 0.3) is 0 Å². The number of alkyl carbamates (subject to hydrolysis) is 1. The van der Waals surface area contributed by atoms with Gasteiger partial charge in [0.1, 0.15) is 6.61 Å². The Labute approximate surface area is 124 Å². The third kappa shape index (κ3) is 4.93. The third-order valence-electron chi connectivity index (χ3n) is 3.08. The highest BCUT2D eigenvalue weighted by atomic mass is 16.5. The molecule has 0 aliphatic heterocycles. The minimum absolute atomic E-state index is 0.122. The minimum atomic E-state index is -0.742. The average molecular weight is 285 g/mol. The summed E-state index contributed by atoms with van der Waals surface area (Å²) in [5, 5.41) is 12.6. The fourth-order valence-corrected chi connectivity index (χ4v) is 1.95. The maximum Gasteiger partial charge on any atom is 0.407 e. The van der Waals surface area contributed by atoms with E-state index in [2.05, 4.69) is 5.32 Å². The molecule has 1 atom stereocenters. The van der Waals surface area contributed by atoms with Gasteiger partial charge in [0.2, 0.25) is 0 Å². The largest absolute Gasteiger partial charge is 0.445 e. The van der Waals surface area contributed by atoms with Crippen molar-refractivity contribution in [2.75, 3.05) is 6.54 Å². The Morgan fingerprint density at radius 1 is 1.19 bits per heavy atom. The smallest absolute Gasteiger partial charge is 0.407 e. The number of benzene rings is 2. The number of hydrogen-bond acceptors (Lipinski definition) is 3. The predicted octanol–water partition coefficient (Wildman–Crippen LogP) is 2.95. The molecule has 0 bridgehead atoms. The van der Waals surface area contributed by atoms with E-state index in [0.717, 1.165) is 16.7 Å². The zero-order valence-corrected chi connectivity index (χ0v) is 12.0. The number of hydrogen-bond donors (Lipinski definition) is 2. The van der Waals surface area contributed by atoms with Gasteiger partial charge in [-0.2, -0.15) is 0 Å². The van der Waals surface area contributed by atoms with E-state index in [1.807, 2.05) is 61.5 Å². The fraction of sp³-hybridized carbons (Fsp3) is 0.235. The lowest BCUT2D eigenvalue weighted by molar-refractivity contribution is 0.126. The summed E-state index contributed by atoms with van der Waals surface area (Å²) >= 11 is 0. The van der Waals surface area contributed by atoms with Crippen LogP contribution in [0.3, 0.4) is 0 Å². The Morgan fingerprint density at radius 3 is 2.67 bits per heavy atom. The molecular formula is C17H19NO3. The average Bonchev–Trinajstić information content (AvgIpc) is 2.51. The zero-order chi connectivity index (χ0) is 15.1. The van der Waals surface area contributed by atoms with Crippen molar-refractivity contribution < 1.29 is 14.6 Å². The number of carbonyl (C=O) groups is 1. The molecule has 0 spiro atoms. The lowest BCUT2D eigenvalue weighted by atomic mass is 10.1. The van der Waals surface area contributed by atoms with Crippen LogP contribution in [0.5, 0.6) is 0 Å². The summed E-state index contributed by atoms with van der Waals surface area (Å²) in [5.41, 5.74) is 2.77. The highest BCUT2D eigenvalue weighted by Crippen LogP contribution is 2.13. The first-order chi connectivity index (χ1) is 10.1. The van der Waals surface area contributed by atoms with Crippen LogP contribution in [0.1, 0.15) is 22.8 Å². The summed E-state index contributed by atoms with van der Waals surface area (Å²) in [4.78, 5) is 11.6.